The van der Waals surface area contributed by atoms with Gasteiger partial charge in [-0.3, -0.25) is 9.78 Å². The number of aryl methyl sites for hydroxylation is 1. The van der Waals surface area contributed by atoms with Crippen molar-refractivity contribution in [2.75, 3.05) is 31.6 Å². The summed E-state index contributed by atoms with van der Waals surface area (Å²) in [6.45, 7) is 4.25. The Hall–Kier alpha value is -3.61. The number of hydrogen-bond acceptors (Lipinski definition) is 5. The minimum absolute atomic E-state index is 0.0122. The largest absolute Gasteiger partial charge is 0.486 e. The molecule has 1 aromatic heterocycles. The number of pyridine rings is 1. The number of amides is 1. The summed E-state index contributed by atoms with van der Waals surface area (Å²) < 4.78 is 24.3. The van der Waals surface area contributed by atoms with Crippen molar-refractivity contribution in [2.45, 2.75) is 19.3 Å². The third-order valence-corrected chi connectivity index (χ3v) is 5.79. The highest BCUT2D eigenvalue weighted by molar-refractivity contribution is 5.95. The number of anilines is 2. The van der Waals surface area contributed by atoms with Crippen LogP contribution in [0.4, 0.5) is 15.8 Å². The zero-order valence-corrected chi connectivity index (χ0v) is 17.8. The minimum atomic E-state index is -0.268. The molecule has 32 heavy (non-hydrogen) atoms. The van der Waals surface area contributed by atoms with Crippen LogP contribution in [0.15, 0.2) is 54.6 Å². The lowest BCUT2D eigenvalue weighted by Crippen LogP contribution is -2.28. The summed E-state index contributed by atoms with van der Waals surface area (Å²) in [6.07, 6.45) is 0.850. The van der Waals surface area contributed by atoms with Crippen molar-refractivity contribution >= 4 is 17.3 Å². The quantitative estimate of drug-likeness (QED) is 0.648. The highest BCUT2D eigenvalue weighted by Crippen LogP contribution is 2.33. The molecule has 164 valence electrons. The molecule has 5 rings (SSSR count). The van der Waals surface area contributed by atoms with Crippen LogP contribution in [-0.4, -0.2) is 42.1 Å². The molecule has 0 radical (unpaired) electrons. The predicted molar refractivity (Wildman–Crippen MR) is 119 cm³/mol. The highest BCUT2D eigenvalue weighted by atomic mass is 19.1. The number of aromatic nitrogens is 1. The first kappa shape index (κ1) is 20.3. The zero-order valence-electron chi connectivity index (χ0n) is 17.8. The van der Waals surface area contributed by atoms with E-state index in [1.807, 2.05) is 24.0 Å². The topological polar surface area (TPSA) is 63.7 Å². The normalized spacial score (nSPS) is 17.3. The van der Waals surface area contributed by atoms with Gasteiger partial charge in [0.2, 0.25) is 0 Å². The van der Waals surface area contributed by atoms with Crippen LogP contribution in [0.25, 0.3) is 0 Å². The van der Waals surface area contributed by atoms with Gasteiger partial charge in [-0.15, -0.1) is 0 Å². The Morgan fingerprint density at radius 2 is 1.81 bits per heavy atom. The van der Waals surface area contributed by atoms with E-state index in [0.717, 1.165) is 29.2 Å². The lowest BCUT2D eigenvalue weighted by molar-refractivity contribution is 0.0789. The molecule has 0 bridgehead atoms. The maximum Gasteiger partial charge on any atom is 0.254 e. The number of ether oxygens (including phenoxy) is 2. The molecule has 3 heterocycles. The van der Waals surface area contributed by atoms with Gasteiger partial charge >= 0.3 is 0 Å². The van der Waals surface area contributed by atoms with E-state index in [9.17, 15) is 9.18 Å². The summed E-state index contributed by atoms with van der Waals surface area (Å²) >= 11 is 0. The van der Waals surface area contributed by atoms with Crippen molar-refractivity contribution in [1.29, 1.82) is 0 Å². The van der Waals surface area contributed by atoms with E-state index < -0.39 is 0 Å². The average Bonchev–Trinajstić information content (AvgIpc) is 3.30. The van der Waals surface area contributed by atoms with Gasteiger partial charge in [-0.05, 0) is 67.9 Å². The van der Waals surface area contributed by atoms with Crippen molar-refractivity contribution in [2.24, 2.45) is 0 Å². The molecule has 0 spiro atoms. The summed E-state index contributed by atoms with van der Waals surface area (Å²) in [4.78, 5) is 19.7. The summed E-state index contributed by atoms with van der Waals surface area (Å²) in [5.41, 5.74) is 4.15. The van der Waals surface area contributed by atoms with E-state index in [2.05, 4.69) is 5.32 Å². The van der Waals surface area contributed by atoms with Crippen molar-refractivity contribution in [3.05, 3.63) is 77.4 Å². The maximum atomic E-state index is 13.2. The van der Waals surface area contributed by atoms with Crippen LogP contribution in [0.1, 0.15) is 34.1 Å². The Kier molecular flexibility index (Phi) is 5.39. The van der Waals surface area contributed by atoms with Crippen LogP contribution in [0.5, 0.6) is 11.5 Å². The second-order valence-electron chi connectivity index (χ2n) is 8.15. The molecule has 2 aliphatic heterocycles. The molecule has 1 fully saturated rings. The molecule has 1 saturated heterocycles. The first-order chi connectivity index (χ1) is 15.5. The lowest BCUT2D eigenvalue weighted by atomic mass is 10.0. The number of likely N-dealkylation sites (tertiary alicyclic amines) is 1. The van der Waals surface area contributed by atoms with Crippen LogP contribution < -0.4 is 14.8 Å². The Morgan fingerprint density at radius 3 is 2.62 bits per heavy atom. The van der Waals surface area contributed by atoms with Gasteiger partial charge in [0.15, 0.2) is 11.5 Å². The molecule has 1 N–H and O–H groups in total. The third-order valence-electron chi connectivity index (χ3n) is 5.79. The maximum absolute atomic E-state index is 13.2. The van der Waals surface area contributed by atoms with E-state index >= 15 is 0 Å². The first-order valence-electron chi connectivity index (χ1n) is 10.8. The second kappa shape index (κ2) is 8.49. The minimum Gasteiger partial charge on any atom is -0.486 e. The molecule has 1 amide bonds. The number of carbonyl (C=O) groups excluding carboxylic acids is 1. The third kappa shape index (κ3) is 4.23. The van der Waals surface area contributed by atoms with E-state index in [1.165, 1.54) is 12.1 Å². The van der Waals surface area contributed by atoms with Gasteiger partial charge in [-0.1, -0.05) is 0 Å². The summed E-state index contributed by atoms with van der Waals surface area (Å²) in [6, 6.07) is 15.6. The van der Waals surface area contributed by atoms with Crippen LogP contribution >= 0.6 is 0 Å². The number of hydrogen-bond donors (Lipinski definition) is 1. The number of nitrogens with one attached hydrogen (secondary N) is 1. The number of rotatable bonds is 4. The SMILES string of the molecule is Cc1cc(Nc2ccc(F)cc2)cc([C@@H]2CCN(C(=O)c3ccc4c(c3)OCCO4)C2)n1. The summed E-state index contributed by atoms with van der Waals surface area (Å²) in [7, 11) is 0. The van der Waals surface area contributed by atoms with Gasteiger partial charge in [0.25, 0.3) is 5.91 Å². The Balaban J connectivity index is 1.30. The van der Waals surface area contributed by atoms with Crippen molar-refractivity contribution in [3.8, 4) is 11.5 Å². The predicted octanol–water partition coefficient (Wildman–Crippen LogP) is 4.67. The molecule has 0 unspecified atom stereocenters. The smallest absolute Gasteiger partial charge is 0.254 e. The fraction of sp³-hybridized carbons (Fsp3) is 0.280. The first-order valence-corrected chi connectivity index (χ1v) is 10.8. The molecule has 2 aromatic carbocycles. The van der Waals surface area contributed by atoms with Gasteiger partial charge in [-0.2, -0.15) is 0 Å². The van der Waals surface area contributed by atoms with Crippen LogP contribution in [0, 0.1) is 12.7 Å². The average molecular weight is 433 g/mol. The Labute approximate surface area is 186 Å². The van der Waals surface area contributed by atoms with Crippen molar-refractivity contribution < 1.29 is 18.7 Å². The van der Waals surface area contributed by atoms with Crippen LogP contribution in [0.3, 0.4) is 0 Å². The molecule has 0 saturated carbocycles. The number of nitrogens with zero attached hydrogens (tertiary/aromatic N) is 2. The molecule has 1 atom stereocenters. The summed E-state index contributed by atoms with van der Waals surface area (Å²) in [5.74, 6) is 1.18. The zero-order chi connectivity index (χ0) is 22.1. The monoisotopic (exact) mass is 433 g/mol. The molecule has 2 aliphatic rings. The molecular weight excluding hydrogens is 409 g/mol. The van der Waals surface area contributed by atoms with Gasteiger partial charge < -0.3 is 19.7 Å². The number of halogens is 1. The van der Waals surface area contributed by atoms with Crippen LogP contribution in [0.2, 0.25) is 0 Å². The van der Waals surface area contributed by atoms with E-state index in [-0.39, 0.29) is 17.6 Å². The summed E-state index contributed by atoms with van der Waals surface area (Å²) in [5, 5.41) is 3.31. The van der Waals surface area contributed by atoms with E-state index in [0.29, 0.717) is 43.4 Å². The highest BCUT2D eigenvalue weighted by Gasteiger charge is 2.30. The van der Waals surface area contributed by atoms with Crippen molar-refractivity contribution in [1.82, 2.24) is 9.88 Å². The molecular formula is C25H24FN3O3. The van der Waals surface area contributed by atoms with Gasteiger partial charge in [0.1, 0.15) is 19.0 Å². The molecule has 0 aliphatic carbocycles. The Bertz CT molecular complexity index is 1150. The van der Waals surface area contributed by atoms with E-state index in [1.54, 1.807) is 30.3 Å². The second-order valence-corrected chi connectivity index (χ2v) is 8.15. The Morgan fingerprint density at radius 1 is 1.03 bits per heavy atom. The number of carbonyl (C=O) groups is 1. The molecule has 7 heteroatoms. The standard InChI is InChI=1S/C25H24FN3O3/c1-16-12-21(28-20-5-3-19(26)4-6-20)14-22(27-16)18-8-9-29(15-18)25(30)17-2-7-23-24(13-17)32-11-10-31-23/h2-7,12-14,18H,8-11,15H2,1H3,(H,27,28)/t18-/m1/s1. The fourth-order valence-corrected chi connectivity index (χ4v) is 4.22. The van der Waals surface area contributed by atoms with Gasteiger partial charge in [-0.25, -0.2) is 4.39 Å². The molecule has 6 nitrogen and oxygen atoms in total. The molecule has 3 aromatic rings. The number of fused-ring (bicyclic) bond motifs is 1. The van der Waals surface area contributed by atoms with Gasteiger partial charge in [0, 0.05) is 47.3 Å². The number of benzene rings is 2. The van der Waals surface area contributed by atoms with Crippen LogP contribution in [-0.2, 0) is 0 Å². The van der Waals surface area contributed by atoms with Gasteiger partial charge in [0.05, 0.1) is 0 Å². The lowest BCUT2D eigenvalue weighted by Gasteiger charge is -2.21. The van der Waals surface area contributed by atoms with E-state index in [4.69, 9.17) is 14.5 Å². The van der Waals surface area contributed by atoms with Crippen molar-refractivity contribution in [3.63, 3.8) is 0 Å². The fourth-order valence-electron chi connectivity index (χ4n) is 4.22.